The van der Waals surface area contributed by atoms with Crippen LogP contribution in [0.2, 0.25) is 0 Å². The van der Waals surface area contributed by atoms with Gasteiger partial charge in [0, 0.05) is 6.54 Å². The third kappa shape index (κ3) is 3.47. The van der Waals surface area contributed by atoms with Crippen molar-refractivity contribution in [3.8, 4) is 12.3 Å². The number of aliphatic hydroxyl groups excluding tert-OH is 1. The minimum Gasteiger partial charge on any atom is -0.392 e. The van der Waals surface area contributed by atoms with E-state index >= 15 is 0 Å². The molecule has 0 aromatic heterocycles. The Kier molecular flexibility index (Phi) is 5.17. The number of halogens is 1. The second-order valence-corrected chi connectivity index (χ2v) is 6.11. The van der Waals surface area contributed by atoms with Crippen LogP contribution in [-0.2, 0) is 9.84 Å². The maximum Gasteiger partial charge on any atom is 0.208 e. The first kappa shape index (κ1) is 15.0. The molecule has 1 atom stereocenters. The number of fused-ring (bicyclic) bond motifs is 2. The van der Waals surface area contributed by atoms with E-state index in [0.717, 1.165) is 0 Å². The summed E-state index contributed by atoms with van der Waals surface area (Å²) in [4.78, 5) is 0.552. The molecule has 6 heteroatoms. The van der Waals surface area contributed by atoms with Crippen LogP contribution in [0, 0.1) is 12.3 Å². The molecule has 0 radical (unpaired) electrons. The topological polar surface area (TPSA) is 66.4 Å². The Bertz CT molecular complexity index is 550. The van der Waals surface area contributed by atoms with Gasteiger partial charge < -0.3 is 10.4 Å². The molecule has 0 amide bonds. The summed E-state index contributed by atoms with van der Waals surface area (Å²) in [6.07, 6.45) is 9.16. The van der Waals surface area contributed by atoms with Crippen molar-refractivity contribution in [3.63, 3.8) is 0 Å². The number of hydrogen-bond acceptors (Lipinski definition) is 4. The van der Waals surface area contributed by atoms with Crippen molar-refractivity contribution in [2.24, 2.45) is 0 Å². The number of nitrogens with one attached hydrogen (secondary N) is 1. The molecule has 2 heterocycles. The second-order valence-electron chi connectivity index (χ2n) is 3.78. The van der Waals surface area contributed by atoms with Crippen LogP contribution in [0.3, 0.4) is 0 Å². The maximum absolute atomic E-state index is 11.1. The summed E-state index contributed by atoms with van der Waals surface area (Å²) in [7, 11) is -3.14. The Morgan fingerprint density at radius 1 is 1.56 bits per heavy atom. The summed E-state index contributed by atoms with van der Waals surface area (Å²) >= 11 is 5.57. The summed E-state index contributed by atoms with van der Waals surface area (Å²) in [6, 6.07) is 0. The van der Waals surface area contributed by atoms with Gasteiger partial charge in [0.15, 0.2) is 0 Å². The average molecular weight is 288 g/mol. The van der Waals surface area contributed by atoms with Crippen molar-refractivity contribution in [1.82, 2.24) is 5.32 Å². The van der Waals surface area contributed by atoms with Gasteiger partial charge in [0.25, 0.3) is 0 Å². The quantitative estimate of drug-likeness (QED) is 0.598. The summed E-state index contributed by atoms with van der Waals surface area (Å²) in [5.41, 5.74) is 0. The van der Waals surface area contributed by atoms with Gasteiger partial charge in [0.05, 0.1) is 27.5 Å². The van der Waals surface area contributed by atoms with Gasteiger partial charge in [0.1, 0.15) is 0 Å². The van der Waals surface area contributed by atoms with E-state index < -0.39 is 9.84 Å². The van der Waals surface area contributed by atoms with E-state index in [1.54, 1.807) is 13.0 Å². The van der Waals surface area contributed by atoms with Gasteiger partial charge in [-0.3, -0.25) is 0 Å². The number of terminal acetylenes is 1. The highest BCUT2D eigenvalue weighted by atomic mass is 35.5. The molecule has 0 saturated heterocycles. The number of aliphatic hydroxyl groups is 1. The molecule has 2 bridgehead atoms. The van der Waals surface area contributed by atoms with Crippen molar-refractivity contribution < 1.29 is 13.5 Å². The van der Waals surface area contributed by atoms with Crippen LogP contribution < -0.4 is 5.32 Å². The molecule has 4 nitrogen and oxygen atoms in total. The Hall–Kier alpha value is -1.06. The van der Waals surface area contributed by atoms with Crippen LogP contribution in [0.15, 0.2) is 33.1 Å². The van der Waals surface area contributed by atoms with E-state index in [1.807, 2.05) is 0 Å². The number of sulfone groups is 1. The lowest BCUT2D eigenvalue weighted by atomic mass is 10.3. The van der Waals surface area contributed by atoms with Crippen molar-refractivity contribution in [2.45, 2.75) is 13.0 Å². The van der Waals surface area contributed by atoms with Gasteiger partial charge in [-0.15, -0.1) is 6.42 Å². The molecular weight excluding hydrogens is 274 g/mol. The van der Waals surface area contributed by atoms with Gasteiger partial charge in [0.2, 0.25) is 9.84 Å². The molecule has 98 valence electrons. The minimum atomic E-state index is -3.14. The number of rotatable bonds is 3. The van der Waals surface area contributed by atoms with Gasteiger partial charge in [-0.05, 0) is 25.2 Å². The summed E-state index contributed by atoms with van der Waals surface area (Å²) in [6.45, 7) is 2.82. The zero-order valence-electron chi connectivity index (χ0n) is 9.85. The van der Waals surface area contributed by atoms with Gasteiger partial charge in [-0.1, -0.05) is 17.5 Å². The lowest BCUT2D eigenvalue weighted by Gasteiger charge is -2.01. The van der Waals surface area contributed by atoms with Crippen LogP contribution in [0.5, 0.6) is 0 Å². The Labute approximate surface area is 112 Å². The third-order valence-electron chi connectivity index (χ3n) is 2.17. The zero-order valence-corrected chi connectivity index (χ0v) is 11.4. The van der Waals surface area contributed by atoms with E-state index in [2.05, 4.69) is 11.2 Å². The zero-order chi connectivity index (χ0) is 13.8. The van der Waals surface area contributed by atoms with Crippen molar-refractivity contribution in [3.05, 3.63) is 33.1 Å². The highest BCUT2D eigenvalue weighted by Gasteiger charge is 2.32. The van der Waals surface area contributed by atoms with E-state index in [-0.39, 0.29) is 11.0 Å². The van der Waals surface area contributed by atoms with Gasteiger partial charge >= 0.3 is 0 Å². The van der Waals surface area contributed by atoms with Crippen LogP contribution in [0.1, 0.15) is 6.92 Å². The monoisotopic (exact) mass is 287 g/mol. The molecule has 2 aliphatic rings. The van der Waals surface area contributed by atoms with E-state index in [1.165, 1.54) is 12.2 Å². The number of hydrogen-bond donors (Lipinski definition) is 2. The molecule has 1 unspecified atom stereocenters. The number of allylic oxidation sites excluding steroid dienone is 4. The summed E-state index contributed by atoms with van der Waals surface area (Å²) < 4.78 is 22.2. The molecule has 0 fully saturated rings. The lowest BCUT2D eigenvalue weighted by Crippen LogP contribution is -2.24. The van der Waals surface area contributed by atoms with Crippen LogP contribution in [0.25, 0.3) is 0 Å². The molecule has 18 heavy (non-hydrogen) atoms. The molecule has 0 aromatic carbocycles. The van der Waals surface area contributed by atoms with E-state index in [9.17, 15) is 8.42 Å². The van der Waals surface area contributed by atoms with Crippen LogP contribution in [-0.4, -0.2) is 32.7 Å². The molecule has 0 spiro atoms. The summed E-state index contributed by atoms with van der Waals surface area (Å²) in [5, 5.41) is 11.8. The molecule has 0 saturated carbocycles. The normalized spacial score (nSPS) is 20.0. The largest absolute Gasteiger partial charge is 0.392 e. The first-order valence-electron chi connectivity index (χ1n) is 5.26. The Balaban J connectivity index is 0.000000187. The second kappa shape index (κ2) is 6.21. The fourth-order valence-corrected chi connectivity index (χ4v) is 3.23. The van der Waals surface area contributed by atoms with E-state index in [4.69, 9.17) is 23.1 Å². The first-order valence-corrected chi connectivity index (χ1v) is 7.12. The van der Waals surface area contributed by atoms with Crippen LogP contribution in [0.4, 0.5) is 0 Å². The minimum absolute atomic E-state index is 0.240. The molecule has 2 N–H and O–H groups in total. The molecular formula is C12H14ClNO3S. The standard InChI is InChI=1S/C6H3ClO2S.C6H11NO/c7-5-3-4-1-2-6(5)10(4,8)9;1-3-4-7-5-6(2)8/h1-3H;1,6-8H,4-5H2,2H3. The maximum atomic E-state index is 11.1. The smallest absolute Gasteiger partial charge is 0.208 e. The third-order valence-corrected chi connectivity index (χ3v) is 4.40. The lowest BCUT2D eigenvalue weighted by molar-refractivity contribution is 0.193. The van der Waals surface area contributed by atoms with Gasteiger partial charge in [-0.2, -0.15) is 0 Å². The van der Waals surface area contributed by atoms with Gasteiger partial charge in [-0.25, -0.2) is 8.42 Å². The fraction of sp³-hybridized carbons (Fsp3) is 0.333. The average Bonchev–Trinajstić information content (AvgIpc) is 2.67. The summed E-state index contributed by atoms with van der Waals surface area (Å²) in [5.74, 6) is 2.40. The predicted molar refractivity (Wildman–Crippen MR) is 72.4 cm³/mol. The predicted octanol–water partition coefficient (Wildman–Crippen LogP) is 0.909. The first-order chi connectivity index (χ1) is 8.39. The Morgan fingerprint density at radius 2 is 2.22 bits per heavy atom. The van der Waals surface area contributed by atoms with Crippen molar-refractivity contribution in [1.29, 1.82) is 0 Å². The molecule has 0 aliphatic carbocycles. The highest BCUT2D eigenvalue weighted by Crippen LogP contribution is 2.38. The fourth-order valence-electron chi connectivity index (χ4n) is 1.35. The highest BCUT2D eigenvalue weighted by molar-refractivity contribution is 8.00. The van der Waals surface area contributed by atoms with Crippen molar-refractivity contribution in [2.75, 3.05) is 13.1 Å². The van der Waals surface area contributed by atoms with E-state index in [0.29, 0.717) is 23.0 Å². The van der Waals surface area contributed by atoms with Crippen molar-refractivity contribution >= 4 is 21.4 Å². The SMILES string of the molecule is C#CCNCC(C)O.O=S1(=O)C2=CC(Cl)=C1C=C2. The van der Waals surface area contributed by atoms with Crippen LogP contribution >= 0.6 is 11.6 Å². The molecule has 2 rings (SSSR count). The molecule has 0 aromatic rings. The Morgan fingerprint density at radius 3 is 2.50 bits per heavy atom. The molecule has 2 aliphatic heterocycles.